The second kappa shape index (κ2) is 5.12. The lowest BCUT2D eigenvalue weighted by Gasteiger charge is -2.04. The van der Waals surface area contributed by atoms with Crippen LogP contribution in [0.15, 0.2) is 0 Å². The summed E-state index contributed by atoms with van der Waals surface area (Å²) < 4.78 is 22.3. The monoisotopic (exact) mass is 190 g/mol. The SMILES string of the molecule is CC(N)CS(=O)(=O)CCCC#N. The topological polar surface area (TPSA) is 84.0 Å². The van der Waals surface area contributed by atoms with Crippen molar-refractivity contribution in [3.05, 3.63) is 0 Å². The number of hydrogen-bond donors (Lipinski definition) is 1. The number of nitriles is 1. The zero-order valence-corrected chi connectivity index (χ0v) is 7.97. The Hall–Kier alpha value is -0.600. The highest BCUT2D eigenvalue weighted by molar-refractivity contribution is 7.91. The van der Waals surface area contributed by atoms with Gasteiger partial charge in [-0.25, -0.2) is 8.42 Å². The Morgan fingerprint density at radius 3 is 2.58 bits per heavy atom. The van der Waals surface area contributed by atoms with Crippen LogP contribution < -0.4 is 5.73 Å². The molecule has 0 saturated carbocycles. The first-order valence-corrected chi connectivity index (χ1v) is 5.63. The molecule has 70 valence electrons. The van der Waals surface area contributed by atoms with Crippen LogP contribution >= 0.6 is 0 Å². The van der Waals surface area contributed by atoms with E-state index in [9.17, 15) is 8.42 Å². The van der Waals surface area contributed by atoms with Gasteiger partial charge in [0.2, 0.25) is 0 Å². The molecule has 4 nitrogen and oxygen atoms in total. The number of nitrogens with two attached hydrogens (primary N) is 1. The van der Waals surface area contributed by atoms with Crippen molar-refractivity contribution in [2.75, 3.05) is 11.5 Å². The summed E-state index contributed by atoms with van der Waals surface area (Å²) in [4.78, 5) is 0. The fraction of sp³-hybridized carbons (Fsp3) is 0.857. The van der Waals surface area contributed by atoms with Crippen molar-refractivity contribution in [2.24, 2.45) is 5.73 Å². The van der Waals surface area contributed by atoms with Gasteiger partial charge in [0.25, 0.3) is 0 Å². The molecule has 0 rings (SSSR count). The summed E-state index contributed by atoms with van der Waals surface area (Å²) >= 11 is 0. The van der Waals surface area contributed by atoms with Gasteiger partial charge in [0, 0.05) is 12.5 Å². The molecule has 0 radical (unpaired) electrons. The van der Waals surface area contributed by atoms with E-state index in [0.717, 1.165) is 0 Å². The van der Waals surface area contributed by atoms with E-state index in [1.54, 1.807) is 6.92 Å². The molecule has 0 aliphatic carbocycles. The third kappa shape index (κ3) is 6.13. The summed E-state index contributed by atoms with van der Waals surface area (Å²) in [7, 11) is -3.03. The van der Waals surface area contributed by atoms with Gasteiger partial charge in [0.1, 0.15) is 0 Å². The van der Waals surface area contributed by atoms with Crippen LogP contribution in [0.4, 0.5) is 0 Å². The van der Waals surface area contributed by atoms with Crippen molar-refractivity contribution in [1.29, 1.82) is 5.26 Å². The molecular weight excluding hydrogens is 176 g/mol. The van der Waals surface area contributed by atoms with Crippen LogP contribution in [-0.4, -0.2) is 26.0 Å². The second-order valence-electron chi connectivity index (χ2n) is 2.85. The molecule has 2 N–H and O–H groups in total. The quantitative estimate of drug-likeness (QED) is 0.621. The third-order valence-corrected chi connectivity index (χ3v) is 3.21. The summed E-state index contributed by atoms with van der Waals surface area (Å²) in [6.45, 7) is 1.65. The molecule has 0 aromatic heterocycles. The maximum Gasteiger partial charge on any atom is 0.151 e. The first kappa shape index (κ1) is 11.4. The van der Waals surface area contributed by atoms with Crippen molar-refractivity contribution in [3.63, 3.8) is 0 Å². The Morgan fingerprint density at radius 2 is 2.17 bits per heavy atom. The molecule has 12 heavy (non-hydrogen) atoms. The summed E-state index contributed by atoms with van der Waals surface area (Å²) in [5.74, 6) is 0.0839. The maximum atomic E-state index is 11.1. The molecule has 0 aliphatic heterocycles. The smallest absolute Gasteiger partial charge is 0.151 e. The third-order valence-electron chi connectivity index (χ3n) is 1.26. The first-order valence-electron chi connectivity index (χ1n) is 3.81. The van der Waals surface area contributed by atoms with Gasteiger partial charge in [-0.3, -0.25) is 0 Å². The molecule has 0 amide bonds. The summed E-state index contributed by atoms with van der Waals surface area (Å²) in [6, 6.07) is 1.58. The van der Waals surface area contributed by atoms with Crippen LogP contribution in [0.1, 0.15) is 19.8 Å². The second-order valence-corrected chi connectivity index (χ2v) is 5.08. The highest BCUT2D eigenvalue weighted by Gasteiger charge is 2.12. The average Bonchev–Trinajstić information content (AvgIpc) is 1.84. The van der Waals surface area contributed by atoms with Gasteiger partial charge in [-0.15, -0.1) is 0 Å². The largest absolute Gasteiger partial charge is 0.327 e. The van der Waals surface area contributed by atoms with E-state index in [0.29, 0.717) is 6.42 Å². The van der Waals surface area contributed by atoms with Crippen molar-refractivity contribution in [1.82, 2.24) is 0 Å². The molecule has 0 saturated heterocycles. The first-order chi connectivity index (χ1) is 5.48. The van der Waals surface area contributed by atoms with E-state index in [1.807, 2.05) is 6.07 Å². The van der Waals surface area contributed by atoms with E-state index < -0.39 is 9.84 Å². The van der Waals surface area contributed by atoms with E-state index >= 15 is 0 Å². The van der Waals surface area contributed by atoms with Crippen LogP contribution in [0.3, 0.4) is 0 Å². The minimum atomic E-state index is -3.03. The fourth-order valence-corrected chi connectivity index (χ4v) is 2.41. The number of nitrogens with zero attached hydrogens (tertiary/aromatic N) is 1. The molecule has 0 aromatic rings. The molecule has 0 heterocycles. The number of sulfone groups is 1. The van der Waals surface area contributed by atoms with Gasteiger partial charge in [0.15, 0.2) is 9.84 Å². The number of hydrogen-bond acceptors (Lipinski definition) is 4. The minimum Gasteiger partial charge on any atom is -0.327 e. The van der Waals surface area contributed by atoms with Crippen LogP contribution in [0, 0.1) is 11.3 Å². The summed E-state index contributed by atoms with van der Waals surface area (Å²) in [5, 5.41) is 8.18. The zero-order valence-electron chi connectivity index (χ0n) is 7.16. The van der Waals surface area contributed by atoms with Crippen molar-refractivity contribution in [3.8, 4) is 6.07 Å². The fourth-order valence-electron chi connectivity index (χ4n) is 0.855. The predicted molar refractivity (Wildman–Crippen MR) is 47.2 cm³/mol. The Morgan fingerprint density at radius 1 is 1.58 bits per heavy atom. The standard InChI is InChI=1S/C7H14N2O2S/c1-7(9)6-12(10,11)5-3-2-4-8/h7H,2-3,5-6,9H2,1H3. The maximum absolute atomic E-state index is 11.1. The Balaban J connectivity index is 3.83. The van der Waals surface area contributed by atoms with Crippen LogP contribution in [0.5, 0.6) is 0 Å². The molecule has 0 fully saturated rings. The van der Waals surface area contributed by atoms with E-state index in [1.165, 1.54) is 0 Å². The number of unbranched alkanes of at least 4 members (excludes halogenated alkanes) is 1. The lowest BCUT2D eigenvalue weighted by Crippen LogP contribution is -2.27. The van der Waals surface area contributed by atoms with Crippen LogP contribution in [0.2, 0.25) is 0 Å². The van der Waals surface area contributed by atoms with Crippen LogP contribution in [-0.2, 0) is 9.84 Å². The van der Waals surface area contributed by atoms with Gasteiger partial charge in [-0.2, -0.15) is 5.26 Å². The summed E-state index contributed by atoms with van der Waals surface area (Å²) in [6.07, 6.45) is 0.698. The lowest BCUT2D eigenvalue weighted by atomic mass is 10.4. The highest BCUT2D eigenvalue weighted by atomic mass is 32.2. The molecule has 0 bridgehead atoms. The van der Waals surface area contributed by atoms with Gasteiger partial charge in [0.05, 0.1) is 17.6 Å². The average molecular weight is 190 g/mol. The normalized spacial score (nSPS) is 13.8. The lowest BCUT2D eigenvalue weighted by molar-refractivity contribution is 0.588. The molecule has 0 aliphatic rings. The van der Waals surface area contributed by atoms with E-state index in [2.05, 4.69) is 0 Å². The van der Waals surface area contributed by atoms with E-state index in [-0.39, 0.29) is 24.0 Å². The Labute approximate surface area is 73.3 Å². The highest BCUT2D eigenvalue weighted by Crippen LogP contribution is 1.98. The van der Waals surface area contributed by atoms with E-state index in [4.69, 9.17) is 11.0 Å². The molecule has 5 heteroatoms. The van der Waals surface area contributed by atoms with Gasteiger partial charge in [-0.1, -0.05) is 0 Å². The zero-order chi connectivity index (χ0) is 9.61. The Kier molecular flexibility index (Phi) is 4.86. The van der Waals surface area contributed by atoms with Gasteiger partial charge >= 0.3 is 0 Å². The minimum absolute atomic E-state index is 0.0123. The molecule has 0 aromatic carbocycles. The van der Waals surface area contributed by atoms with Crippen molar-refractivity contribution < 1.29 is 8.42 Å². The van der Waals surface area contributed by atoms with Crippen molar-refractivity contribution in [2.45, 2.75) is 25.8 Å². The van der Waals surface area contributed by atoms with Crippen molar-refractivity contribution >= 4 is 9.84 Å². The predicted octanol–water partition coefficient (Wildman–Crippen LogP) is 0.0522. The summed E-state index contributed by atoms with van der Waals surface area (Å²) in [5.41, 5.74) is 5.34. The molecule has 1 unspecified atom stereocenters. The molecule has 0 spiro atoms. The van der Waals surface area contributed by atoms with Gasteiger partial charge < -0.3 is 5.73 Å². The Bertz CT molecular complexity index is 251. The molecule has 1 atom stereocenters. The number of rotatable bonds is 5. The molecular formula is C7H14N2O2S. The van der Waals surface area contributed by atoms with Gasteiger partial charge in [-0.05, 0) is 13.3 Å². The van der Waals surface area contributed by atoms with Crippen LogP contribution in [0.25, 0.3) is 0 Å².